The van der Waals surface area contributed by atoms with E-state index < -0.39 is 66.7 Å². The van der Waals surface area contributed by atoms with E-state index in [-0.39, 0.29) is 137 Å². The minimum Gasteiger partial charge on any atom is -0.458 e. The Morgan fingerprint density at radius 3 is 2.30 bits per heavy atom. The zero-order chi connectivity index (χ0) is 77.0. The Bertz CT molecular complexity index is 4190. The molecule has 3 aliphatic heterocycles. The summed E-state index contributed by atoms with van der Waals surface area (Å²) in [6, 6.07) is 21.5. The van der Waals surface area contributed by atoms with Crippen molar-refractivity contribution in [2.75, 3.05) is 91.7 Å². The number of hydrogen-bond donors (Lipinski definition) is 5. The lowest BCUT2D eigenvalue weighted by molar-refractivity contribution is -0.172. The number of nitrogens with zero attached hydrogens (tertiary/aromatic N) is 8. The van der Waals surface area contributed by atoms with Gasteiger partial charge < -0.3 is 64.4 Å². The molecule has 106 heavy (non-hydrogen) atoms. The topological polar surface area (TPSA) is 379 Å². The van der Waals surface area contributed by atoms with E-state index >= 15 is 0 Å². The van der Waals surface area contributed by atoms with Crippen molar-refractivity contribution in [1.29, 1.82) is 0 Å². The fraction of sp³-hybridized carbons (Fsp3) is 0.481. The maximum atomic E-state index is 14.1. The van der Waals surface area contributed by atoms with Gasteiger partial charge in [0.2, 0.25) is 17.7 Å². The predicted molar refractivity (Wildman–Crippen MR) is 391 cm³/mol. The van der Waals surface area contributed by atoms with Crippen molar-refractivity contribution in [3.8, 4) is 29.5 Å². The first-order valence-corrected chi connectivity index (χ1v) is 35.7. The fourth-order valence-corrected chi connectivity index (χ4v) is 13.0. The van der Waals surface area contributed by atoms with E-state index in [1.54, 1.807) is 60.0 Å². The van der Waals surface area contributed by atoms with Crippen molar-refractivity contribution in [1.82, 2.24) is 40.2 Å². The standard InChI is InChI=1S/C61H75N11O14.C16H19NO3/c1-6-44-45-32-43(21-22-49(45)68-55-46(44)34-72-51(55)33-48-47(57(72)77)36-84-58(78)61(48,81)7-2)86-60(80)71(5)27-26-70(4)59(79)85-35-40-17-19-42(20-18-40)66-56(76)41(16-12-13-23-63-8-3)31-52(73)50(30-39-14-10-9-11-15-39)67-54(75)38-83-37-53(74)64-24-28-82-29-25-65-69-62;1-2-3-4-14(18)13-7-5-12(6-8-13)11-17-15(19)9-10-16(17)20/h9-11,14-15,17-22,32-33,41,50,63,81H,6-8,12-13,16,23-31,34-38H2,1-5H3,(H,64,74)(H,66,76)(H,67,75);1,9-10,12-13H,3-8,11H2/t41?,50?,61-;/m0./s1/i3T;. The third kappa shape index (κ3) is 22.2. The number of unbranched alkanes of at least 4 members (excludes halogenated alkanes) is 1. The highest BCUT2D eigenvalue weighted by atomic mass is 16.6. The summed E-state index contributed by atoms with van der Waals surface area (Å²) in [7, 11) is 3.07. The van der Waals surface area contributed by atoms with Crippen molar-refractivity contribution in [2.24, 2.45) is 22.9 Å². The van der Waals surface area contributed by atoms with Gasteiger partial charge in [-0.15, -0.1) is 12.3 Å². The average molecular weight is 1460 g/mol. The quantitative estimate of drug-likeness (QED) is 0.00478. The number of Topliss-reactive ketones (excluding diaryl/α,β-unsaturated/α-hetero) is 2. The third-order valence-corrected chi connectivity index (χ3v) is 19.1. The Morgan fingerprint density at radius 1 is 0.877 bits per heavy atom. The SMILES string of the molecule is C#CCCC(=O)C1CCC(CN2C(=O)C=CC2=O)CC1.[3H]CCNCCCCC(CC(=O)C(Cc1ccccc1)NC(=O)COCC(=O)NCCOCCN=[N+]=[N-])C(=O)Nc1ccc(COC(=O)N(C)CCN(C)C(=O)Oc2ccc3nc4c(c(CC)c3c2)Cn2c-4cc3c(c2=O)COC(=O)[C@]3(O)CC)cc1. The molecule has 5 N–H and O–H groups in total. The first-order chi connectivity index (χ1) is 51.6. The molecule has 1 fully saturated rings. The maximum absolute atomic E-state index is 14.1. The Kier molecular flexibility index (Phi) is 30.0. The number of benzene rings is 3. The molecule has 3 aromatic carbocycles. The average Bonchev–Trinajstić information content (AvgIpc) is 1.64. The van der Waals surface area contributed by atoms with E-state index in [9.17, 15) is 57.8 Å². The molecule has 5 heterocycles. The molecular formula is C77H94N12O17. The Hall–Kier alpha value is -10.6. The number of carbonyl (C=O) groups is 10. The number of cyclic esters (lactones) is 1. The number of imide groups is 1. The monoisotopic (exact) mass is 1460 g/mol. The van der Waals surface area contributed by atoms with Crippen LogP contribution in [0.25, 0.3) is 32.7 Å². The number of esters is 1. The molecule has 9 rings (SSSR count). The van der Waals surface area contributed by atoms with Gasteiger partial charge in [-0.05, 0) is 135 Å². The van der Waals surface area contributed by atoms with Gasteiger partial charge in [0.15, 0.2) is 11.4 Å². The van der Waals surface area contributed by atoms with E-state index in [1.165, 1.54) is 40.9 Å². The molecular weight excluding hydrogens is 1360 g/mol. The smallest absolute Gasteiger partial charge is 0.415 e. The number of nitrogens with one attached hydrogen (secondary N) is 4. The number of ketones is 2. The molecule has 4 aliphatic rings. The van der Waals surface area contributed by atoms with Gasteiger partial charge in [-0.3, -0.25) is 43.3 Å². The molecule has 3 atom stereocenters. The van der Waals surface area contributed by atoms with Gasteiger partial charge in [-0.1, -0.05) is 74.7 Å². The van der Waals surface area contributed by atoms with Crippen LogP contribution < -0.4 is 31.6 Å². The van der Waals surface area contributed by atoms with Crippen LogP contribution in [0.15, 0.2) is 101 Å². The van der Waals surface area contributed by atoms with Crippen LogP contribution in [0.4, 0.5) is 15.3 Å². The zero-order valence-corrected chi connectivity index (χ0v) is 60.4. The van der Waals surface area contributed by atoms with Gasteiger partial charge in [0, 0.05) is 119 Å². The second-order valence-electron chi connectivity index (χ2n) is 26.3. The number of fused-ring (bicyclic) bond motifs is 5. The van der Waals surface area contributed by atoms with Crippen molar-refractivity contribution in [3.63, 3.8) is 0 Å². The third-order valence-electron chi connectivity index (χ3n) is 19.1. The first kappa shape index (κ1) is 79.5. The van der Waals surface area contributed by atoms with Crippen LogP contribution in [-0.2, 0) is 95.5 Å². The molecule has 564 valence electrons. The Balaban J connectivity index is 0.000000620. The van der Waals surface area contributed by atoms with Crippen LogP contribution in [-0.4, -0.2) is 181 Å². The number of rotatable bonds is 37. The largest absolute Gasteiger partial charge is 0.458 e. The summed E-state index contributed by atoms with van der Waals surface area (Å²) in [6.07, 6.45) is 13.1. The van der Waals surface area contributed by atoms with E-state index in [0.717, 1.165) is 47.8 Å². The summed E-state index contributed by atoms with van der Waals surface area (Å²) in [5, 5.41) is 26.8. The number of likely N-dealkylation sites (N-methyl/N-ethyl adjacent to an activating group) is 2. The first-order valence-electron chi connectivity index (χ1n) is 36.4. The van der Waals surface area contributed by atoms with Gasteiger partial charge in [0.25, 0.3) is 17.4 Å². The number of aryl methyl sites for hydroxylation is 1. The number of aromatic nitrogens is 2. The molecule has 0 saturated heterocycles. The van der Waals surface area contributed by atoms with Crippen LogP contribution in [0, 0.1) is 30.1 Å². The number of carbonyl (C=O) groups excluding carboxylic acids is 10. The predicted octanol–water partition coefficient (Wildman–Crippen LogP) is 7.52. The number of amides is 7. The van der Waals surface area contributed by atoms with Crippen molar-refractivity contribution < 1.29 is 78.1 Å². The summed E-state index contributed by atoms with van der Waals surface area (Å²) < 4.78 is 36.1. The van der Waals surface area contributed by atoms with E-state index in [0.29, 0.717) is 92.2 Å². The summed E-state index contributed by atoms with van der Waals surface area (Å²) >= 11 is 0. The summed E-state index contributed by atoms with van der Waals surface area (Å²) in [6.45, 7) is 5.35. The fourth-order valence-electron chi connectivity index (χ4n) is 13.0. The van der Waals surface area contributed by atoms with Crippen LogP contribution in [0.5, 0.6) is 5.75 Å². The lowest BCUT2D eigenvalue weighted by atomic mass is 9.79. The van der Waals surface area contributed by atoms with Crippen LogP contribution in [0.3, 0.4) is 0 Å². The number of ether oxygens (including phenoxy) is 5. The van der Waals surface area contributed by atoms with Crippen molar-refractivity contribution >= 4 is 75.8 Å². The van der Waals surface area contributed by atoms with Gasteiger partial charge >= 0.3 is 18.2 Å². The molecule has 1 saturated carbocycles. The minimum atomic E-state index is -1.95. The molecule has 0 radical (unpaired) electrons. The van der Waals surface area contributed by atoms with E-state index in [1.807, 2.05) is 37.3 Å². The molecule has 1 aliphatic carbocycles. The molecule has 29 nitrogen and oxygen atoms in total. The van der Waals surface area contributed by atoms with Crippen LogP contribution in [0.1, 0.15) is 126 Å². The summed E-state index contributed by atoms with van der Waals surface area (Å²) in [5.74, 6) is -0.471. The lowest BCUT2D eigenvalue weighted by Gasteiger charge is -2.31. The van der Waals surface area contributed by atoms with Crippen LogP contribution in [0.2, 0.25) is 0 Å². The number of azide groups is 1. The number of anilines is 1. The molecule has 2 unspecified atom stereocenters. The molecule has 2 aromatic heterocycles. The number of hydrogen-bond acceptors (Lipinski definition) is 20. The number of pyridine rings is 2. The van der Waals surface area contributed by atoms with Crippen LogP contribution >= 0.6 is 0 Å². The summed E-state index contributed by atoms with van der Waals surface area (Å²) in [4.78, 5) is 153. The molecule has 0 bridgehead atoms. The minimum absolute atomic E-state index is 0.0253. The van der Waals surface area contributed by atoms with Gasteiger partial charge in [-0.2, -0.15) is 0 Å². The molecule has 29 heteroatoms. The second-order valence-corrected chi connectivity index (χ2v) is 26.3. The number of aliphatic hydroxyl groups is 1. The van der Waals surface area contributed by atoms with E-state index in [2.05, 4.69) is 37.2 Å². The zero-order valence-electron chi connectivity index (χ0n) is 61.4. The highest BCUT2D eigenvalue weighted by molar-refractivity contribution is 6.13. The maximum Gasteiger partial charge on any atom is 0.415 e. The van der Waals surface area contributed by atoms with Gasteiger partial charge in [0.05, 0.1) is 48.3 Å². The van der Waals surface area contributed by atoms with Crippen molar-refractivity contribution in [2.45, 2.75) is 136 Å². The molecule has 0 spiro atoms. The molecule has 5 aromatic rings. The van der Waals surface area contributed by atoms with E-state index in [4.69, 9.17) is 42.0 Å². The van der Waals surface area contributed by atoms with Gasteiger partial charge in [0.1, 0.15) is 38.0 Å². The second kappa shape index (κ2) is 40.0. The van der Waals surface area contributed by atoms with Gasteiger partial charge in [-0.25, -0.2) is 19.4 Å². The Morgan fingerprint density at radius 2 is 1.60 bits per heavy atom. The molecule has 7 amide bonds. The lowest BCUT2D eigenvalue weighted by Crippen LogP contribution is -2.45. The highest BCUT2D eigenvalue weighted by Gasteiger charge is 2.46. The normalized spacial score (nSPS) is 16.8. The van der Waals surface area contributed by atoms with Crippen molar-refractivity contribution in [3.05, 3.63) is 145 Å². The number of terminal acetylenes is 1. The summed E-state index contributed by atoms with van der Waals surface area (Å²) in [5.41, 5.74) is 11.7. The highest BCUT2D eigenvalue weighted by Crippen LogP contribution is 2.41. The Labute approximate surface area is 616 Å².